The van der Waals surface area contributed by atoms with Gasteiger partial charge in [0.1, 0.15) is 6.17 Å². The van der Waals surface area contributed by atoms with Gasteiger partial charge in [-0.3, -0.25) is 15.4 Å². The lowest BCUT2D eigenvalue weighted by molar-refractivity contribution is -0.119. The molecule has 0 aromatic heterocycles. The van der Waals surface area contributed by atoms with E-state index >= 15 is 0 Å². The van der Waals surface area contributed by atoms with Gasteiger partial charge in [0.2, 0.25) is 0 Å². The molecule has 0 rings (SSSR count). The van der Waals surface area contributed by atoms with Crippen LogP contribution < -0.4 is 10.6 Å². The van der Waals surface area contributed by atoms with Crippen LogP contribution in [0.2, 0.25) is 0 Å². The van der Waals surface area contributed by atoms with Crippen molar-refractivity contribution in [3.05, 3.63) is 0 Å². The second kappa shape index (κ2) is 4.47. The van der Waals surface area contributed by atoms with Crippen LogP contribution in [0.4, 0.5) is 0 Å². The highest BCUT2D eigenvalue weighted by atomic mass is 16.1. The van der Waals surface area contributed by atoms with Crippen LogP contribution in [0.3, 0.4) is 0 Å². The number of rotatable bonds is 4. The molecule has 1 unspecified atom stereocenters. The number of ketones is 1. The van der Waals surface area contributed by atoms with Gasteiger partial charge in [0.15, 0.2) is 5.78 Å². The molecule has 0 spiro atoms. The normalized spacial score (nSPS) is 13.2. The maximum Gasteiger partial charge on any atom is 0.161 e. The summed E-state index contributed by atoms with van der Waals surface area (Å²) in [6, 6.07) is 0. The van der Waals surface area contributed by atoms with Gasteiger partial charge in [0.05, 0.1) is 0 Å². The van der Waals surface area contributed by atoms with E-state index in [1.807, 2.05) is 6.92 Å². The van der Waals surface area contributed by atoms with Gasteiger partial charge in [-0.05, 0) is 20.5 Å². The van der Waals surface area contributed by atoms with Gasteiger partial charge in [0, 0.05) is 0 Å². The third-order valence-corrected chi connectivity index (χ3v) is 1.10. The van der Waals surface area contributed by atoms with Gasteiger partial charge < -0.3 is 0 Å². The van der Waals surface area contributed by atoms with Crippen molar-refractivity contribution in [1.82, 2.24) is 10.6 Å². The second-order valence-corrected chi connectivity index (χ2v) is 1.89. The van der Waals surface area contributed by atoms with Gasteiger partial charge in [-0.1, -0.05) is 6.92 Å². The number of nitrogens with one attached hydrogen (secondary N) is 2. The SMILES string of the molecule is CCNC(NC)C(C)=O. The highest BCUT2D eigenvalue weighted by Crippen LogP contribution is 1.76. The quantitative estimate of drug-likeness (QED) is 0.515. The predicted octanol–water partition coefficient (Wildman–Crippen LogP) is -0.270. The van der Waals surface area contributed by atoms with Crippen LogP contribution in [0.1, 0.15) is 13.8 Å². The summed E-state index contributed by atoms with van der Waals surface area (Å²) in [5.74, 6) is 0.124. The number of likely N-dealkylation sites (N-methyl/N-ethyl adjacent to an activating group) is 2. The van der Waals surface area contributed by atoms with E-state index in [1.54, 1.807) is 14.0 Å². The van der Waals surface area contributed by atoms with Crippen LogP contribution in [0.5, 0.6) is 0 Å². The molecular weight excluding hydrogens is 116 g/mol. The molecule has 54 valence electrons. The molecule has 0 aromatic rings. The number of hydrogen-bond acceptors (Lipinski definition) is 3. The number of carbonyl (C=O) groups is 1. The Morgan fingerprint density at radius 1 is 1.67 bits per heavy atom. The average molecular weight is 130 g/mol. The Labute approximate surface area is 55.8 Å². The first-order valence-corrected chi connectivity index (χ1v) is 3.13. The largest absolute Gasteiger partial charge is 0.299 e. The minimum Gasteiger partial charge on any atom is -0.299 e. The highest BCUT2D eigenvalue weighted by molar-refractivity contribution is 5.80. The molecular formula is C6H14N2O. The zero-order valence-corrected chi connectivity index (χ0v) is 6.19. The molecule has 0 radical (unpaired) electrons. The Kier molecular flexibility index (Phi) is 4.26. The standard InChI is InChI=1S/C6H14N2O/c1-4-8-6(7-3)5(2)9/h6-8H,4H2,1-3H3. The molecule has 3 heteroatoms. The van der Waals surface area contributed by atoms with E-state index in [0.717, 1.165) is 6.54 Å². The average Bonchev–Trinajstić information content (AvgIpc) is 1.82. The van der Waals surface area contributed by atoms with Crippen molar-refractivity contribution >= 4 is 5.78 Å². The summed E-state index contributed by atoms with van der Waals surface area (Å²) >= 11 is 0. The predicted molar refractivity (Wildman–Crippen MR) is 37.2 cm³/mol. The van der Waals surface area contributed by atoms with E-state index in [9.17, 15) is 4.79 Å². The van der Waals surface area contributed by atoms with Crippen molar-refractivity contribution in [1.29, 1.82) is 0 Å². The molecule has 0 saturated carbocycles. The van der Waals surface area contributed by atoms with Crippen LogP contribution in [-0.2, 0) is 4.79 Å². The molecule has 0 amide bonds. The number of Topliss-reactive ketones (excluding diaryl/α,β-unsaturated/α-hetero) is 1. The molecule has 0 aliphatic carbocycles. The fraction of sp³-hybridized carbons (Fsp3) is 0.833. The molecule has 3 nitrogen and oxygen atoms in total. The van der Waals surface area contributed by atoms with E-state index in [2.05, 4.69) is 10.6 Å². The van der Waals surface area contributed by atoms with E-state index in [-0.39, 0.29) is 11.9 Å². The van der Waals surface area contributed by atoms with Crippen LogP contribution in [0.15, 0.2) is 0 Å². The topological polar surface area (TPSA) is 41.1 Å². The lowest BCUT2D eigenvalue weighted by Gasteiger charge is -2.11. The third-order valence-electron chi connectivity index (χ3n) is 1.10. The number of carbonyl (C=O) groups excluding carboxylic acids is 1. The highest BCUT2D eigenvalue weighted by Gasteiger charge is 2.06. The maximum atomic E-state index is 10.6. The zero-order chi connectivity index (χ0) is 7.28. The van der Waals surface area contributed by atoms with Gasteiger partial charge >= 0.3 is 0 Å². The summed E-state index contributed by atoms with van der Waals surface area (Å²) in [5.41, 5.74) is 0. The van der Waals surface area contributed by atoms with Crippen molar-refractivity contribution in [2.75, 3.05) is 13.6 Å². The molecule has 0 saturated heterocycles. The maximum absolute atomic E-state index is 10.6. The van der Waals surface area contributed by atoms with Crippen LogP contribution in [0, 0.1) is 0 Å². The lowest BCUT2D eigenvalue weighted by Crippen LogP contribution is -2.45. The summed E-state index contributed by atoms with van der Waals surface area (Å²) < 4.78 is 0. The van der Waals surface area contributed by atoms with E-state index in [1.165, 1.54) is 0 Å². The van der Waals surface area contributed by atoms with E-state index < -0.39 is 0 Å². The molecule has 2 N–H and O–H groups in total. The van der Waals surface area contributed by atoms with Crippen molar-refractivity contribution in [2.24, 2.45) is 0 Å². The van der Waals surface area contributed by atoms with Gasteiger partial charge in [-0.25, -0.2) is 0 Å². The minimum atomic E-state index is -0.171. The summed E-state index contributed by atoms with van der Waals surface area (Å²) in [6.07, 6.45) is -0.171. The Bertz CT molecular complexity index is 93.1. The minimum absolute atomic E-state index is 0.124. The first kappa shape index (κ1) is 8.59. The Hall–Kier alpha value is -0.410. The third kappa shape index (κ3) is 3.21. The van der Waals surface area contributed by atoms with Crippen molar-refractivity contribution in [2.45, 2.75) is 20.0 Å². The Morgan fingerprint density at radius 3 is 2.33 bits per heavy atom. The van der Waals surface area contributed by atoms with Gasteiger partial charge in [0.25, 0.3) is 0 Å². The van der Waals surface area contributed by atoms with Crippen molar-refractivity contribution < 1.29 is 4.79 Å². The Balaban J connectivity index is 3.54. The van der Waals surface area contributed by atoms with Crippen LogP contribution >= 0.6 is 0 Å². The first-order valence-electron chi connectivity index (χ1n) is 3.13. The summed E-state index contributed by atoms with van der Waals surface area (Å²) in [5, 5.41) is 5.81. The van der Waals surface area contributed by atoms with Crippen LogP contribution in [-0.4, -0.2) is 25.5 Å². The van der Waals surface area contributed by atoms with Crippen molar-refractivity contribution in [3.8, 4) is 0 Å². The smallest absolute Gasteiger partial charge is 0.161 e. The summed E-state index contributed by atoms with van der Waals surface area (Å²) in [4.78, 5) is 10.6. The molecule has 0 fully saturated rings. The zero-order valence-electron chi connectivity index (χ0n) is 6.19. The summed E-state index contributed by atoms with van der Waals surface area (Å²) in [7, 11) is 1.76. The number of hydrogen-bond donors (Lipinski definition) is 2. The first-order chi connectivity index (χ1) is 4.22. The molecule has 0 bridgehead atoms. The molecule has 0 heterocycles. The van der Waals surface area contributed by atoms with Crippen molar-refractivity contribution in [3.63, 3.8) is 0 Å². The Morgan fingerprint density at radius 2 is 2.22 bits per heavy atom. The molecule has 0 aliphatic rings. The van der Waals surface area contributed by atoms with E-state index in [0.29, 0.717) is 0 Å². The fourth-order valence-corrected chi connectivity index (χ4v) is 0.653. The molecule has 1 atom stereocenters. The lowest BCUT2D eigenvalue weighted by atomic mass is 10.3. The molecule has 9 heavy (non-hydrogen) atoms. The summed E-state index contributed by atoms with van der Waals surface area (Å²) in [6.45, 7) is 4.34. The van der Waals surface area contributed by atoms with Gasteiger partial charge in [-0.15, -0.1) is 0 Å². The van der Waals surface area contributed by atoms with Crippen LogP contribution in [0.25, 0.3) is 0 Å². The second-order valence-electron chi connectivity index (χ2n) is 1.89. The molecule has 0 aliphatic heterocycles. The van der Waals surface area contributed by atoms with Gasteiger partial charge in [-0.2, -0.15) is 0 Å². The molecule has 0 aromatic carbocycles. The monoisotopic (exact) mass is 130 g/mol. The fourth-order valence-electron chi connectivity index (χ4n) is 0.653. The van der Waals surface area contributed by atoms with E-state index in [4.69, 9.17) is 0 Å².